The summed E-state index contributed by atoms with van der Waals surface area (Å²) < 4.78 is 10.0. The fraction of sp³-hybridized carbons (Fsp3) is 0.158. The summed E-state index contributed by atoms with van der Waals surface area (Å²) >= 11 is 0. The summed E-state index contributed by atoms with van der Waals surface area (Å²) in [5.74, 6) is 0.0550. The maximum Gasteiger partial charge on any atom is 0.411 e. The number of nitrogens with one attached hydrogen (secondary N) is 2. The number of benzene rings is 2. The van der Waals surface area contributed by atoms with E-state index in [0.717, 1.165) is 5.56 Å². The molecule has 0 aliphatic rings. The average Bonchev–Trinajstić information content (AvgIpc) is 3.18. The second-order valence-corrected chi connectivity index (χ2v) is 5.65. The fourth-order valence-electron chi connectivity index (χ4n) is 2.41. The number of aryl methyl sites for hydroxylation is 1. The van der Waals surface area contributed by atoms with Crippen LogP contribution in [0, 0.1) is 6.92 Å². The van der Waals surface area contributed by atoms with E-state index in [1.54, 1.807) is 37.3 Å². The van der Waals surface area contributed by atoms with E-state index in [0.29, 0.717) is 28.4 Å². The van der Waals surface area contributed by atoms with Gasteiger partial charge in [0.1, 0.15) is 0 Å². The first-order valence-corrected chi connectivity index (χ1v) is 8.29. The molecule has 0 spiro atoms. The lowest BCUT2D eigenvalue weighted by Crippen LogP contribution is -2.15. The Balaban J connectivity index is 1.77. The normalized spacial score (nSPS) is 10.3. The summed E-state index contributed by atoms with van der Waals surface area (Å²) in [7, 11) is 0. The average molecular weight is 366 g/mol. The van der Waals surface area contributed by atoms with Crippen molar-refractivity contribution in [2.75, 3.05) is 17.2 Å². The predicted molar refractivity (Wildman–Crippen MR) is 99.5 cm³/mol. The zero-order chi connectivity index (χ0) is 19.2. The van der Waals surface area contributed by atoms with Gasteiger partial charge in [-0.15, -0.1) is 10.2 Å². The Hall–Kier alpha value is -3.68. The van der Waals surface area contributed by atoms with Crippen LogP contribution in [0.3, 0.4) is 0 Å². The SMILES string of the molecule is CCOC(=O)Nc1cccc(C(=O)Nc2cc(-c3nnco3)ccc2C)c1. The third-order valence-electron chi connectivity index (χ3n) is 3.74. The topological polar surface area (TPSA) is 106 Å². The number of nitrogens with zero attached hydrogens (tertiary/aromatic N) is 2. The van der Waals surface area contributed by atoms with Crippen molar-refractivity contribution in [3.8, 4) is 11.5 Å². The van der Waals surface area contributed by atoms with Gasteiger partial charge in [0.05, 0.1) is 6.61 Å². The smallest absolute Gasteiger partial charge is 0.411 e. The molecule has 0 saturated carbocycles. The van der Waals surface area contributed by atoms with Crippen molar-refractivity contribution in [3.63, 3.8) is 0 Å². The number of carbonyl (C=O) groups excluding carboxylic acids is 2. The van der Waals surface area contributed by atoms with Gasteiger partial charge < -0.3 is 14.5 Å². The monoisotopic (exact) mass is 366 g/mol. The number of ether oxygens (including phenoxy) is 1. The molecule has 0 unspecified atom stereocenters. The van der Waals surface area contributed by atoms with Crippen molar-refractivity contribution < 1.29 is 18.7 Å². The zero-order valence-electron chi connectivity index (χ0n) is 14.9. The van der Waals surface area contributed by atoms with Crippen molar-refractivity contribution in [3.05, 3.63) is 60.0 Å². The Bertz CT molecular complexity index is 954. The Morgan fingerprint density at radius 3 is 2.74 bits per heavy atom. The van der Waals surface area contributed by atoms with Gasteiger partial charge in [-0.1, -0.05) is 12.1 Å². The van der Waals surface area contributed by atoms with Crippen LogP contribution in [0.15, 0.2) is 53.3 Å². The molecule has 0 aliphatic heterocycles. The molecule has 0 atom stereocenters. The molecule has 0 bridgehead atoms. The van der Waals surface area contributed by atoms with Crippen LogP contribution in [0.2, 0.25) is 0 Å². The van der Waals surface area contributed by atoms with Gasteiger partial charge in [-0.05, 0) is 49.7 Å². The quantitative estimate of drug-likeness (QED) is 0.710. The third kappa shape index (κ3) is 4.49. The molecular formula is C19H18N4O4. The highest BCUT2D eigenvalue weighted by Gasteiger charge is 2.12. The largest absolute Gasteiger partial charge is 0.450 e. The van der Waals surface area contributed by atoms with Gasteiger partial charge in [0.2, 0.25) is 12.3 Å². The van der Waals surface area contributed by atoms with E-state index in [2.05, 4.69) is 20.8 Å². The number of hydrogen-bond acceptors (Lipinski definition) is 6. The molecule has 1 heterocycles. The number of anilines is 2. The number of carbonyl (C=O) groups is 2. The molecule has 3 rings (SSSR count). The van der Waals surface area contributed by atoms with E-state index in [9.17, 15) is 9.59 Å². The van der Waals surface area contributed by atoms with E-state index in [1.807, 2.05) is 19.1 Å². The molecule has 8 nitrogen and oxygen atoms in total. The Kier molecular flexibility index (Phi) is 5.46. The molecule has 8 heteroatoms. The number of hydrogen-bond donors (Lipinski definition) is 2. The van der Waals surface area contributed by atoms with E-state index in [-0.39, 0.29) is 12.5 Å². The molecule has 2 amide bonds. The highest BCUT2D eigenvalue weighted by Crippen LogP contribution is 2.24. The second-order valence-electron chi connectivity index (χ2n) is 5.65. The summed E-state index contributed by atoms with van der Waals surface area (Å²) in [4.78, 5) is 24.1. The van der Waals surface area contributed by atoms with Crippen molar-refractivity contribution in [1.29, 1.82) is 0 Å². The van der Waals surface area contributed by atoms with Gasteiger partial charge in [0.15, 0.2) is 0 Å². The minimum Gasteiger partial charge on any atom is -0.450 e. The van der Waals surface area contributed by atoms with Crippen LogP contribution < -0.4 is 10.6 Å². The Labute approximate surface area is 155 Å². The van der Waals surface area contributed by atoms with Crippen molar-refractivity contribution in [2.24, 2.45) is 0 Å². The molecular weight excluding hydrogens is 348 g/mol. The van der Waals surface area contributed by atoms with Gasteiger partial charge in [0, 0.05) is 22.5 Å². The maximum absolute atomic E-state index is 12.6. The highest BCUT2D eigenvalue weighted by molar-refractivity contribution is 6.05. The Morgan fingerprint density at radius 2 is 2.00 bits per heavy atom. The van der Waals surface area contributed by atoms with Crippen LogP contribution in [0.1, 0.15) is 22.8 Å². The van der Waals surface area contributed by atoms with Crippen LogP contribution in [-0.2, 0) is 4.74 Å². The first-order chi connectivity index (χ1) is 13.1. The standard InChI is InChI=1S/C19H18N4O4/c1-3-26-19(25)21-15-6-4-5-13(9-15)17(24)22-16-10-14(8-7-12(16)2)18-23-20-11-27-18/h4-11H,3H2,1-2H3,(H,21,25)(H,22,24). The van der Waals surface area contributed by atoms with Gasteiger partial charge >= 0.3 is 6.09 Å². The highest BCUT2D eigenvalue weighted by atomic mass is 16.5. The van der Waals surface area contributed by atoms with Crippen molar-refractivity contribution in [1.82, 2.24) is 10.2 Å². The number of aromatic nitrogens is 2. The van der Waals surface area contributed by atoms with E-state index in [4.69, 9.17) is 9.15 Å². The molecule has 27 heavy (non-hydrogen) atoms. The Morgan fingerprint density at radius 1 is 1.15 bits per heavy atom. The van der Waals surface area contributed by atoms with Crippen molar-refractivity contribution in [2.45, 2.75) is 13.8 Å². The van der Waals surface area contributed by atoms with Gasteiger partial charge in [-0.25, -0.2) is 4.79 Å². The van der Waals surface area contributed by atoms with Crippen LogP contribution in [0.4, 0.5) is 16.2 Å². The van der Waals surface area contributed by atoms with Crippen LogP contribution in [0.25, 0.3) is 11.5 Å². The molecule has 1 aromatic heterocycles. The summed E-state index contributed by atoms with van der Waals surface area (Å²) in [5.41, 5.74) is 3.07. The van der Waals surface area contributed by atoms with Crippen LogP contribution >= 0.6 is 0 Å². The number of amides is 2. The molecule has 138 valence electrons. The molecule has 3 aromatic rings. The maximum atomic E-state index is 12.6. The minimum absolute atomic E-state index is 0.266. The lowest BCUT2D eigenvalue weighted by molar-refractivity contribution is 0.102. The third-order valence-corrected chi connectivity index (χ3v) is 3.74. The summed E-state index contributed by atoms with van der Waals surface area (Å²) in [6.07, 6.45) is 0.674. The van der Waals surface area contributed by atoms with Crippen molar-refractivity contribution >= 4 is 23.4 Å². The number of rotatable bonds is 5. The molecule has 2 N–H and O–H groups in total. The minimum atomic E-state index is -0.571. The second kappa shape index (κ2) is 8.13. The molecule has 0 aliphatic carbocycles. The summed E-state index contributed by atoms with van der Waals surface area (Å²) in [6, 6.07) is 12.0. The molecule has 0 fully saturated rings. The molecule has 0 saturated heterocycles. The van der Waals surface area contributed by atoms with Gasteiger partial charge in [-0.2, -0.15) is 0 Å². The lowest BCUT2D eigenvalue weighted by Gasteiger charge is -2.11. The molecule has 2 aromatic carbocycles. The van der Waals surface area contributed by atoms with Gasteiger partial charge in [0.25, 0.3) is 5.91 Å². The summed E-state index contributed by atoms with van der Waals surface area (Å²) in [5, 5.41) is 13.0. The van der Waals surface area contributed by atoms with Crippen LogP contribution in [0.5, 0.6) is 0 Å². The van der Waals surface area contributed by atoms with E-state index < -0.39 is 6.09 Å². The predicted octanol–water partition coefficient (Wildman–Crippen LogP) is 3.87. The van der Waals surface area contributed by atoms with Crippen LogP contribution in [-0.4, -0.2) is 28.8 Å². The fourth-order valence-corrected chi connectivity index (χ4v) is 2.41. The zero-order valence-corrected chi connectivity index (χ0v) is 14.9. The van der Waals surface area contributed by atoms with Gasteiger partial charge in [-0.3, -0.25) is 10.1 Å². The van der Waals surface area contributed by atoms with E-state index in [1.165, 1.54) is 6.39 Å². The first-order valence-electron chi connectivity index (χ1n) is 8.29. The summed E-state index contributed by atoms with van der Waals surface area (Å²) in [6.45, 7) is 3.86. The first kappa shape index (κ1) is 18.1. The molecule has 0 radical (unpaired) electrons. The van der Waals surface area contributed by atoms with E-state index >= 15 is 0 Å². The lowest BCUT2D eigenvalue weighted by atomic mass is 10.1.